The van der Waals surface area contributed by atoms with Gasteiger partial charge in [0.1, 0.15) is 25.1 Å². The maximum absolute atomic E-state index is 14.0. The smallest absolute Gasteiger partial charge is 0.277 e. The van der Waals surface area contributed by atoms with Crippen molar-refractivity contribution >= 4 is 5.91 Å². The Morgan fingerprint density at radius 3 is 2.36 bits per heavy atom. The number of aromatic nitrogens is 1. The molecule has 4 heterocycles. The number of fused-ring (bicyclic) bond motifs is 1. The summed E-state index contributed by atoms with van der Waals surface area (Å²) < 4.78 is 14.5. The number of pyridine rings is 1. The van der Waals surface area contributed by atoms with E-state index in [2.05, 4.69) is 23.2 Å². The Hall–Kier alpha value is -4.52. The fourth-order valence-corrected chi connectivity index (χ4v) is 5.96. The van der Waals surface area contributed by atoms with Crippen LogP contribution >= 0.6 is 0 Å². The first-order valence-corrected chi connectivity index (χ1v) is 13.4. The van der Waals surface area contributed by atoms with Crippen LogP contribution in [0.4, 0.5) is 0 Å². The minimum Gasteiger partial charge on any atom is -0.490 e. The molecule has 1 fully saturated rings. The first-order valence-electron chi connectivity index (χ1n) is 13.4. The molecule has 1 aliphatic carbocycles. The Morgan fingerprint density at radius 2 is 1.56 bits per heavy atom. The van der Waals surface area contributed by atoms with Crippen LogP contribution in [0.3, 0.4) is 0 Å². The van der Waals surface area contributed by atoms with Crippen LogP contribution in [0, 0.1) is 5.92 Å². The molecule has 7 nitrogen and oxygen atoms in total. The molecule has 39 heavy (non-hydrogen) atoms. The van der Waals surface area contributed by atoms with Gasteiger partial charge < -0.3 is 14.4 Å². The van der Waals surface area contributed by atoms with Crippen LogP contribution in [0.5, 0.6) is 11.5 Å². The highest BCUT2D eigenvalue weighted by atomic mass is 16.5. The van der Waals surface area contributed by atoms with Crippen LogP contribution in [-0.2, 0) is 6.61 Å². The van der Waals surface area contributed by atoms with Crippen LogP contribution in [0.1, 0.15) is 46.1 Å². The minimum atomic E-state index is -0.305. The van der Waals surface area contributed by atoms with Crippen molar-refractivity contribution in [1.82, 2.24) is 9.58 Å². The lowest BCUT2D eigenvalue weighted by Crippen LogP contribution is -2.57. The molecule has 3 aliphatic heterocycles. The van der Waals surface area contributed by atoms with E-state index in [1.807, 2.05) is 76.3 Å². The molecule has 0 radical (unpaired) electrons. The molecular weight excluding hydrogens is 490 g/mol. The third-order valence-corrected chi connectivity index (χ3v) is 7.93. The van der Waals surface area contributed by atoms with E-state index in [1.165, 1.54) is 6.07 Å². The molecule has 196 valence electrons. The fourth-order valence-electron chi connectivity index (χ4n) is 5.96. The van der Waals surface area contributed by atoms with Gasteiger partial charge in [-0.25, -0.2) is 0 Å². The number of benzene rings is 3. The summed E-state index contributed by atoms with van der Waals surface area (Å²) in [7, 11) is 0. The summed E-state index contributed by atoms with van der Waals surface area (Å²) >= 11 is 0. The number of para-hydroxylation sites is 1. The lowest BCUT2D eigenvalue weighted by atomic mass is 9.81. The molecular formula is C32H29N3O4. The topological polar surface area (TPSA) is 64.0 Å². The van der Waals surface area contributed by atoms with Gasteiger partial charge in [0.15, 0.2) is 11.4 Å². The van der Waals surface area contributed by atoms with Crippen molar-refractivity contribution in [3.63, 3.8) is 0 Å². The largest absolute Gasteiger partial charge is 0.490 e. The number of hydrogen-bond acceptors (Lipinski definition) is 5. The number of carbonyl (C=O) groups is 1. The van der Waals surface area contributed by atoms with Crippen molar-refractivity contribution in [1.29, 1.82) is 0 Å². The summed E-state index contributed by atoms with van der Waals surface area (Å²) in [5, 5.41) is 2.14. The molecule has 3 aromatic carbocycles. The molecule has 1 aromatic heterocycles. The third kappa shape index (κ3) is 4.24. The van der Waals surface area contributed by atoms with E-state index < -0.39 is 0 Å². The van der Waals surface area contributed by atoms with E-state index in [0.29, 0.717) is 19.1 Å². The van der Waals surface area contributed by atoms with Crippen LogP contribution in [0.25, 0.3) is 0 Å². The van der Waals surface area contributed by atoms with Crippen molar-refractivity contribution in [2.24, 2.45) is 5.92 Å². The van der Waals surface area contributed by atoms with Crippen LogP contribution in [0.2, 0.25) is 0 Å². The van der Waals surface area contributed by atoms with Gasteiger partial charge in [-0.15, -0.1) is 0 Å². The van der Waals surface area contributed by atoms with Gasteiger partial charge in [-0.1, -0.05) is 78.9 Å². The monoisotopic (exact) mass is 519 g/mol. The predicted molar refractivity (Wildman–Crippen MR) is 147 cm³/mol. The van der Waals surface area contributed by atoms with E-state index in [0.717, 1.165) is 35.3 Å². The van der Waals surface area contributed by atoms with Crippen molar-refractivity contribution in [2.45, 2.75) is 31.6 Å². The number of nitrogens with zero attached hydrogens (tertiary/aromatic N) is 3. The second-order valence-corrected chi connectivity index (χ2v) is 10.5. The van der Waals surface area contributed by atoms with Crippen molar-refractivity contribution in [3.8, 4) is 11.5 Å². The van der Waals surface area contributed by atoms with Crippen LogP contribution in [0.15, 0.2) is 102 Å². The lowest BCUT2D eigenvalue weighted by Gasteiger charge is -2.45. The SMILES string of the molecule is O=C1c2c(OCc3ccccc3)c(=O)ccn2N2CN1CC1CC(C1)Oc1ccccc1C2c1ccccc1. The number of carbonyl (C=O) groups excluding carboxylic acids is 1. The van der Waals surface area contributed by atoms with Crippen molar-refractivity contribution in [2.75, 3.05) is 18.2 Å². The lowest BCUT2D eigenvalue weighted by molar-refractivity contribution is 0.0342. The molecule has 0 spiro atoms. The van der Waals surface area contributed by atoms with Gasteiger partial charge in [0.2, 0.25) is 5.43 Å². The van der Waals surface area contributed by atoms with Gasteiger partial charge in [-0.3, -0.25) is 19.3 Å². The first kappa shape index (κ1) is 23.6. The predicted octanol–water partition coefficient (Wildman–Crippen LogP) is 4.74. The number of amides is 1. The van der Waals surface area contributed by atoms with Gasteiger partial charge in [-0.05, 0) is 36.0 Å². The van der Waals surface area contributed by atoms with Gasteiger partial charge >= 0.3 is 0 Å². The number of rotatable bonds is 4. The zero-order valence-electron chi connectivity index (χ0n) is 21.5. The summed E-state index contributed by atoms with van der Waals surface area (Å²) in [6.45, 7) is 1.18. The Kier molecular flexibility index (Phi) is 5.84. The number of hydrogen-bond donors (Lipinski definition) is 0. The Bertz CT molecular complexity index is 1560. The maximum Gasteiger partial charge on any atom is 0.277 e. The second-order valence-electron chi connectivity index (χ2n) is 10.5. The summed E-state index contributed by atoms with van der Waals surface area (Å²) in [6.07, 6.45) is 3.62. The summed E-state index contributed by atoms with van der Waals surface area (Å²) in [6, 6.07) is 29.3. The maximum atomic E-state index is 14.0. The van der Waals surface area contributed by atoms with E-state index >= 15 is 0 Å². The molecule has 4 aromatic rings. The molecule has 4 aliphatic rings. The average molecular weight is 520 g/mol. The zero-order chi connectivity index (χ0) is 26.3. The third-order valence-electron chi connectivity index (χ3n) is 7.93. The zero-order valence-corrected chi connectivity index (χ0v) is 21.5. The summed E-state index contributed by atoms with van der Waals surface area (Å²) in [5.41, 5.74) is 2.96. The molecule has 1 unspecified atom stereocenters. The Labute approximate surface area is 226 Å². The second kappa shape index (κ2) is 9.66. The van der Waals surface area contributed by atoms with E-state index in [4.69, 9.17) is 9.47 Å². The van der Waals surface area contributed by atoms with Gasteiger partial charge in [-0.2, -0.15) is 0 Å². The molecule has 0 saturated heterocycles. The first-order chi connectivity index (χ1) is 19.2. The van der Waals surface area contributed by atoms with Gasteiger partial charge in [0.05, 0.1) is 6.10 Å². The van der Waals surface area contributed by atoms with Crippen LogP contribution in [-0.4, -0.2) is 34.8 Å². The number of ether oxygens (including phenoxy) is 2. The van der Waals surface area contributed by atoms with Crippen molar-refractivity contribution < 1.29 is 14.3 Å². The van der Waals surface area contributed by atoms with E-state index in [1.54, 1.807) is 6.20 Å². The minimum absolute atomic E-state index is 0.0822. The summed E-state index contributed by atoms with van der Waals surface area (Å²) in [4.78, 5) is 29.1. The Balaban J connectivity index is 1.41. The molecule has 1 atom stereocenters. The highest BCUT2D eigenvalue weighted by Crippen LogP contribution is 2.41. The fraction of sp³-hybridized carbons (Fsp3) is 0.250. The molecule has 4 bridgehead atoms. The highest BCUT2D eigenvalue weighted by Gasteiger charge is 2.42. The molecule has 8 rings (SSSR count). The summed E-state index contributed by atoms with van der Waals surface area (Å²) in [5.74, 6) is 1.09. The quantitative estimate of drug-likeness (QED) is 0.390. The molecule has 7 heteroatoms. The Morgan fingerprint density at radius 1 is 0.846 bits per heavy atom. The average Bonchev–Trinajstić information content (AvgIpc) is 2.99. The molecule has 1 amide bonds. The standard InChI is InChI=1S/C32H29N3O4/c36-27-15-16-34-30(31(27)38-20-22-9-3-1-4-10-22)32(37)33-19-23-17-25(18-23)39-28-14-8-7-13-26(28)29(35(34)21-33)24-11-5-2-6-12-24/h1-16,23,25,29H,17-21H2. The van der Waals surface area contributed by atoms with E-state index in [-0.39, 0.29) is 41.5 Å². The van der Waals surface area contributed by atoms with Crippen LogP contribution < -0.4 is 19.9 Å². The molecule has 0 N–H and O–H groups in total. The normalized spacial score (nSPS) is 21.5. The van der Waals surface area contributed by atoms with Gasteiger partial charge in [0, 0.05) is 24.4 Å². The highest BCUT2D eigenvalue weighted by molar-refractivity contribution is 5.96. The van der Waals surface area contributed by atoms with Gasteiger partial charge in [0.25, 0.3) is 5.91 Å². The van der Waals surface area contributed by atoms with Crippen molar-refractivity contribution in [3.05, 3.63) is 130 Å². The molecule has 1 saturated carbocycles. The van der Waals surface area contributed by atoms with E-state index in [9.17, 15) is 9.59 Å².